The molecule has 0 saturated carbocycles. The lowest BCUT2D eigenvalue weighted by Gasteiger charge is -2.13. The third-order valence-electron chi connectivity index (χ3n) is 2.99. The van der Waals surface area contributed by atoms with E-state index < -0.39 is 0 Å². The Morgan fingerprint density at radius 2 is 1.88 bits per heavy atom. The average Bonchev–Trinajstić information content (AvgIpc) is 2.36. The highest BCUT2D eigenvalue weighted by molar-refractivity contribution is 5.82. The molecule has 0 aliphatic carbocycles. The molecule has 0 saturated heterocycles. The van der Waals surface area contributed by atoms with Crippen molar-refractivity contribution in [1.82, 2.24) is 5.32 Å². The molecule has 2 nitrogen and oxygen atoms in total. The van der Waals surface area contributed by atoms with Crippen molar-refractivity contribution in [3.05, 3.63) is 48.0 Å². The summed E-state index contributed by atoms with van der Waals surface area (Å²) in [5.41, 5.74) is 6.86. The summed E-state index contributed by atoms with van der Waals surface area (Å²) in [5, 5.41) is 6.02. The van der Waals surface area contributed by atoms with E-state index in [0.29, 0.717) is 12.6 Å². The van der Waals surface area contributed by atoms with Crippen LogP contribution in [-0.4, -0.2) is 19.1 Å². The summed E-state index contributed by atoms with van der Waals surface area (Å²) in [6, 6.07) is 15.6. The number of fused-ring (bicyclic) bond motifs is 1. The molecule has 2 rings (SSSR count). The Hall–Kier alpha value is -1.38. The fourth-order valence-corrected chi connectivity index (χ4v) is 2.12. The predicted octanol–water partition coefficient (Wildman–Crippen LogP) is 2.32. The molecule has 0 bridgehead atoms. The quantitative estimate of drug-likeness (QED) is 0.824. The van der Waals surface area contributed by atoms with Crippen LogP contribution >= 0.6 is 0 Å². The maximum absolute atomic E-state index is 5.48. The first kappa shape index (κ1) is 12.1. The summed E-state index contributed by atoms with van der Waals surface area (Å²) in [7, 11) is 0. The molecular weight excluding hydrogens is 208 g/mol. The molecule has 1 unspecified atom stereocenters. The van der Waals surface area contributed by atoms with Gasteiger partial charge in [0.2, 0.25) is 0 Å². The Bertz CT molecular complexity index is 479. The van der Waals surface area contributed by atoms with Gasteiger partial charge in [-0.25, -0.2) is 0 Å². The molecule has 0 radical (unpaired) electrons. The lowest BCUT2D eigenvalue weighted by molar-refractivity contribution is 0.553. The van der Waals surface area contributed by atoms with Gasteiger partial charge in [0.1, 0.15) is 0 Å². The number of hydrogen-bond donors (Lipinski definition) is 2. The normalized spacial score (nSPS) is 12.8. The molecule has 0 aromatic heterocycles. The van der Waals surface area contributed by atoms with Gasteiger partial charge in [-0.3, -0.25) is 0 Å². The molecule has 0 heterocycles. The zero-order chi connectivity index (χ0) is 12.1. The van der Waals surface area contributed by atoms with Crippen LogP contribution in [0.3, 0.4) is 0 Å². The molecule has 2 heteroatoms. The lowest BCUT2D eigenvalue weighted by Crippen LogP contribution is -2.32. The van der Waals surface area contributed by atoms with Crippen LogP contribution in [0.2, 0.25) is 0 Å². The smallest absolute Gasteiger partial charge is 0.00796 e. The van der Waals surface area contributed by atoms with Crippen LogP contribution in [0.5, 0.6) is 0 Å². The molecule has 0 amide bonds. The molecular formula is C15H20N2. The molecule has 3 N–H and O–H groups in total. The molecule has 0 aliphatic heterocycles. The Kier molecular flexibility index (Phi) is 4.13. The summed E-state index contributed by atoms with van der Waals surface area (Å²) in [6.07, 6.45) is 1.05. The van der Waals surface area contributed by atoms with Gasteiger partial charge < -0.3 is 11.1 Å². The van der Waals surface area contributed by atoms with Crippen molar-refractivity contribution in [2.75, 3.05) is 13.1 Å². The summed E-state index contributed by atoms with van der Waals surface area (Å²) in [5.74, 6) is 0. The standard InChI is InChI=1S/C15H20N2/c1-12(17-9-8-16)10-13-6-7-14-4-2-3-5-15(14)11-13/h2-7,11-12,17H,8-10,16H2,1H3. The minimum Gasteiger partial charge on any atom is -0.329 e. The lowest BCUT2D eigenvalue weighted by atomic mass is 10.0. The summed E-state index contributed by atoms with van der Waals surface area (Å²) in [4.78, 5) is 0. The monoisotopic (exact) mass is 228 g/mol. The van der Waals surface area contributed by atoms with E-state index in [4.69, 9.17) is 5.73 Å². The summed E-state index contributed by atoms with van der Waals surface area (Å²) >= 11 is 0. The fraction of sp³-hybridized carbons (Fsp3) is 0.333. The van der Waals surface area contributed by atoms with E-state index in [0.717, 1.165) is 13.0 Å². The van der Waals surface area contributed by atoms with Crippen LogP contribution in [0.4, 0.5) is 0 Å². The number of hydrogen-bond acceptors (Lipinski definition) is 2. The van der Waals surface area contributed by atoms with E-state index in [1.54, 1.807) is 0 Å². The third kappa shape index (κ3) is 3.29. The number of nitrogens with two attached hydrogens (primary N) is 1. The van der Waals surface area contributed by atoms with E-state index in [1.807, 2.05) is 0 Å². The second-order valence-electron chi connectivity index (χ2n) is 4.53. The Labute approximate surface area is 103 Å². The van der Waals surface area contributed by atoms with Crippen LogP contribution < -0.4 is 11.1 Å². The maximum Gasteiger partial charge on any atom is 0.00796 e. The van der Waals surface area contributed by atoms with Gasteiger partial charge >= 0.3 is 0 Å². The Balaban J connectivity index is 2.08. The van der Waals surface area contributed by atoms with Crippen molar-refractivity contribution in [3.63, 3.8) is 0 Å². The SMILES string of the molecule is CC(Cc1ccc2ccccc2c1)NCCN. The average molecular weight is 228 g/mol. The first-order valence-electron chi connectivity index (χ1n) is 6.21. The number of nitrogens with one attached hydrogen (secondary N) is 1. The van der Waals surface area contributed by atoms with Crippen molar-refractivity contribution < 1.29 is 0 Å². The second kappa shape index (κ2) is 5.80. The van der Waals surface area contributed by atoms with Gasteiger partial charge in [-0.05, 0) is 29.7 Å². The van der Waals surface area contributed by atoms with E-state index in [-0.39, 0.29) is 0 Å². The van der Waals surface area contributed by atoms with E-state index in [9.17, 15) is 0 Å². The van der Waals surface area contributed by atoms with Crippen molar-refractivity contribution >= 4 is 10.8 Å². The van der Waals surface area contributed by atoms with Gasteiger partial charge in [-0.2, -0.15) is 0 Å². The molecule has 0 spiro atoms. The highest BCUT2D eigenvalue weighted by atomic mass is 14.9. The van der Waals surface area contributed by atoms with Crippen LogP contribution in [0.15, 0.2) is 42.5 Å². The summed E-state index contributed by atoms with van der Waals surface area (Å²) < 4.78 is 0. The number of benzene rings is 2. The highest BCUT2D eigenvalue weighted by Crippen LogP contribution is 2.16. The predicted molar refractivity (Wildman–Crippen MR) is 74.2 cm³/mol. The number of rotatable bonds is 5. The van der Waals surface area contributed by atoms with Crippen molar-refractivity contribution in [2.45, 2.75) is 19.4 Å². The topological polar surface area (TPSA) is 38.0 Å². The fourth-order valence-electron chi connectivity index (χ4n) is 2.12. The Morgan fingerprint density at radius 1 is 1.12 bits per heavy atom. The van der Waals surface area contributed by atoms with Crippen LogP contribution in [0.1, 0.15) is 12.5 Å². The largest absolute Gasteiger partial charge is 0.329 e. The van der Waals surface area contributed by atoms with Gasteiger partial charge in [0.05, 0.1) is 0 Å². The second-order valence-corrected chi connectivity index (χ2v) is 4.53. The summed E-state index contributed by atoms with van der Waals surface area (Å²) in [6.45, 7) is 3.78. The maximum atomic E-state index is 5.48. The van der Waals surface area contributed by atoms with Crippen molar-refractivity contribution in [3.8, 4) is 0 Å². The minimum absolute atomic E-state index is 0.472. The van der Waals surface area contributed by atoms with Gasteiger partial charge in [-0.15, -0.1) is 0 Å². The minimum atomic E-state index is 0.472. The van der Waals surface area contributed by atoms with Gasteiger partial charge in [0, 0.05) is 19.1 Å². The molecule has 17 heavy (non-hydrogen) atoms. The van der Waals surface area contributed by atoms with Crippen molar-refractivity contribution in [2.24, 2.45) is 5.73 Å². The zero-order valence-corrected chi connectivity index (χ0v) is 10.3. The first-order chi connectivity index (χ1) is 8.29. The van der Waals surface area contributed by atoms with Crippen molar-refractivity contribution in [1.29, 1.82) is 0 Å². The molecule has 1 atom stereocenters. The highest BCUT2D eigenvalue weighted by Gasteiger charge is 2.02. The molecule has 0 aliphatic rings. The van der Waals surface area contributed by atoms with Crippen LogP contribution in [-0.2, 0) is 6.42 Å². The Morgan fingerprint density at radius 3 is 2.65 bits per heavy atom. The third-order valence-corrected chi connectivity index (χ3v) is 2.99. The molecule has 2 aromatic carbocycles. The van der Waals surface area contributed by atoms with Crippen LogP contribution in [0.25, 0.3) is 10.8 Å². The van der Waals surface area contributed by atoms with E-state index in [2.05, 4.69) is 54.7 Å². The van der Waals surface area contributed by atoms with Gasteiger partial charge in [0.15, 0.2) is 0 Å². The van der Waals surface area contributed by atoms with Crippen LogP contribution in [0, 0.1) is 0 Å². The molecule has 90 valence electrons. The van der Waals surface area contributed by atoms with E-state index in [1.165, 1.54) is 16.3 Å². The molecule has 2 aromatic rings. The van der Waals surface area contributed by atoms with Gasteiger partial charge in [-0.1, -0.05) is 42.5 Å². The van der Waals surface area contributed by atoms with E-state index >= 15 is 0 Å². The van der Waals surface area contributed by atoms with Gasteiger partial charge in [0.25, 0.3) is 0 Å². The molecule has 0 fully saturated rings. The zero-order valence-electron chi connectivity index (χ0n) is 10.3. The first-order valence-corrected chi connectivity index (χ1v) is 6.21.